The van der Waals surface area contributed by atoms with E-state index in [4.69, 9.17) is 4.42 Å². The van der Waals surface area contributed by atoms with E-state index in [1.807, 2.05) is 32.0 Å². The Bertz CT molecular complexity index is 736. The van der Waals surface area contributed by atoms with Crippen molar-refractivity contribution in [3.8, 4) is 10.8 Å². The predicted octanol–water partition coefficient (Wildman–Crippen LogP) is 4.66. The van der Waals surface area contributed by atoms with E-state index in [1.54, 1.807) is 23.1 Å². The summed E-state index contributed by atoms with van der Waals surface area (Å²) in [6, 6.07) is 10.3. The fraction of sp³-hybridized carbons (Fsp3) is 0.267. The minimum atomic E-state index is 0.267. The Kier molecular flexibility index (Phi) is 4.07. The van der Waals surface area contributed by atoms with Gasteiger partial charge in [0.05, 0.1) is 10.7 Å². The van der Waals surface area contributed by atoms with Gasteiger partial charge in [0, 0.05) is 5.25 Å². The highest BCUT2D eigenvalue weighted by Crippen LogP contribution is 2.36. The van der Waals surface area contributed by atoms with Crippen molar-refractivity contribution in [2.24, 2.45) is 0 Å². The van der Waals surface area contributed by atoms with E-state index in [-0.39, 0.29) is 5.25 Å². The number of hydrogen-bond acceptors (Lipinski definition) is 6. The van der Waals surface area contributed by atoms with Crippen molar-refractivity contribution >= 4 is 23.1 Å². The highest BCUT2D eigenvalue weighted by atomic mass is 32.2. The second-order valence-electron chi connectivity index (χ2n) is 4.69. The van der Waals surface area contributed by atoms with Gasteiger partial charge in [-0.1, -0.05) is 42.1 Å². The molecule has 0 radical (unpaired) electrons. The van der Waals surface area contributed by atoms with E-state index in [2.05, 4.69) is 34.2 Å². The Morgan fingerprint density at radius 3 is 2.57 bits per heavy atom. The molecule has 0 aliphatic carbocycles. The molecule has 3 rings (SSSR count). The Morgan fingerprint density at radius 2 is 1.90 bits per heavy atom. The topological polar surface area (TPSA) is 51.8 Å². The highest BCUT2D eigenvalue weighted by Gasteiger charge is 2.17. The van der Waals surface area contributed by atoms with Crippen molar-refractivity contribution in [2.45, 2.75) is 31.2 Å². The lowest BCUT2D eigenvalue weighted by atomic mass is 10.2. The number of aryl methyl sites for hydroxylation is 2. The van der Waals surface area contributed by atoms with E-state index < -0.39 is 0 Å². The van der Waals surface area contributed by atoms with Gasteiger partial charge in [0.25, 0.3) is 11.1 Å². The molecule has 21 heavy (non-hydrogen) atoms. The quantitative estimate of drug-likeness (QED) is 0.655. The van der Waals surface area contributed by atoms with E-state index in [1.165, 1.54) is 5.56 Å². The first-order valence-corrected chi connectivity index (χ1v) is 8.32. The van der Waals surface area contributed by atoms with Crippen LogP contribution >= 0.6 is 23.1 Å². The molecule has 3 aromatic rings. The molecule has 2 aromatic heterocycles. The SMILES string of the molecule is Cc1nc(C)c(-c2nnc(SC(C)c3ccccc3)o2)s1. The molecule has 1 atom stereocenters. The molecule has 0 N–H and O–H groups in total. The molecule has 0 saturated carbocycles. The van der Waals surface area contributed by atoms with Crippen molar-refractivity contribution in [3.63, 3.8) is 0 Å². The van der Waals surface area contributed by atoms with Crippen LogP contribution in [0.25, 0.3) is 10.8 Å². The van der Waals surface area contributed by atoms with E-state index >= 15 is 0 Å². The molecule has 2 heterocycles. The summed E-state index contributed by atoms with van der Waals surface area (Å²) >= 11 is 3.15. The number of thiazole rings is 1. The van der Waals surface area contributed by atoms with Crippen LogP contribution in [0.15, 0.2) is 40.0 Å². The van der Waals surface area contributed by atoms with Gasteiger partial charge in [0.1, 0.15) is 4.88 Å². The number of rotatable bonds is 4. The molecular weight excluding hydrogens is 302 g/mol. The summed E-state index contributed by atoms with van der Waals surface area (Å²) in [7, 11) is 0. The molecule has 6 heteroatoms. The maximum absolute atomic E-state index is 5.77. The molecule has 0 spiro atoms. The summed E-state index contributed by atoms with van der Waals surface area (Å²) in [4.78, 5) is 5.35. The van der Waals surface area contributed by atoms with Gasteiger partial charge >= 0.3 is 0 Å². The van der Waals surface area contributed by atoms with Crippen LogP contribution in [-0.2, 0) is 0 Å². The zero-order valence-electron chi connectivity index (χ0n) is 12.0. The van der Waals surface area contributed by atoms with Gasteiger partial charge < -0.3 is 4.42 Å². The Balaban J connectivity index is 1.78. The van der Waals surface area contributed by atoms with Gasteiger partial charge in [0.15, 0.2) is 0 Å². The molecule has 0 amide bonds. The minimum Gasteiger partial charge on any atom is -0.410 e. The van der Waals surface area contributed by atoms with Crippen molar-refractivity contribution < 1.29 is 4.42 Å². The van der Waals surface area contributed by atoms with Crippen LogP contribution in [0.1, 0.15) is 28.4 Å². The molecule has 0 aliphatic rings. The normalized spacial score (nSPS) is 12.5. The summed E-state index contributed by atoms with van der Waals surface area (Å²) < 4.78 is 5.77. The zero-order valence-corrected chi connectivity index (χ0v) is 13.7. The third-order valence-electron chi connectivity index (χ3n) is 3.05. The maximum Gasteiger partial charge on any atom is 0.277 e. The number of aromatic nitrogens is 3. The van der Waals surface area contributed by atoms with Crippen LogP contribution in [-0.4, -0.2) is 15.2 Å². The summed E-state index contributed by atoms with van der Waals surface area (Å²) in [5.41, 5.74) is 2.18. The van der Waals surface area contributed by atoms with Gasteiger partial charge in [-0.2, -0.15) is 0 Å². The van der Waals surface area contributed by atoms with Crippen LogP contribution in [0.2, 0.25) is 0 Å². The summed E-state index contributed by atoms with van der Waals surface area (Å²) in [5.74, 6) is 0.556. The fourth-order valence-corrected chi connectivity index (χ4v) is 3.67. The third kappa shape index (κ3) is 3.16. The fourth-order valence-electron chi connectivity index (χ4n) is 2.02. The molecule has 0 aliphatic heterocycles. The second kappa shape index (κ2) is 5.99. The molecule has 0 bridgehead atoms. The van der Waals surface area contributed by atoms with Crippen LogP contribution < -0.4 is 0 Å². The van der Waals surface area contributed by atoms with Gasteiger partial charge in [-0.3, -0.25) is 0 Å². The number of nitrogens with zero attached hydrogens (tertiary/aromatic N) is 3. The molecular formula is C15H15N3OS2. The standard InChI is InChI=1S/C15H15N3OS2/c1-9-13(21-11(3)16-9)14-17-18-15(19-14)20-10(2)12-7-5-4-6-8-12/h4-8,10H,1-3H3. The summed E-state index contributed by atoms with van der Waals surface area (Å²) in [6.45, 7) is 6.07. The van der Waals surface area contributed by atoms with Crippen LogP contribution in [0, 0.1) is 13.8 Å². The van der Waals surface area contributed by atoms with Crippen molar-refractivity contribution in [1.82, 2.24) is 15.2 Å². The van der Waals surface area contributed by atoms with Crippen molar-refractivity contribution in [1.29, 1.82) is 0 Å². The molecule has 0 fully saturated rings. The molecule has 1 aromatic carbocycles. The molecule has 4 nitrogen and oxygen atoms in total. The maximum atomic E-state index is 5.77. The van der Waals surface area contributed by atoms with Crippen molar-refractivity contribution in [3.05, 3.63) is 46.6 Å². The monoisotopic (exact) mass is 317 g/mol. The lowest BCUT2D eigenvalue weighted by Gasteiger charge is -2.07. The molecule has 1 unspecified atom stereocenters. The van der Waals surface area contributed by atoms with E-state index in [0.717, 1.165) is 15.6 Å². The van der Waals surface area contributed by atoms with Gasteiger partial charge in [-0.25, -0.2) is 4.98 Å². The highest BCUT2D eigenvalue weighted by molar-refractivity contribution is 7.99. The minimum absolute atomic E-state index is 0.267. The molecule has 0 saturated heterocycles. The van der Waals surface area contributed by atoms with Crippen molar-refractivity contribution in [2.75, 3.05) is 0 Å². The van der Waals surface area contributed by atoms with Crippen LogP contribution in [0.3, 0.4) is 0 Å². The largest absolute Gasteiger partial charge is 0.410 e. The Morgan fingerprint density at radius 1 is 1.14 bits per heavy atom. The average Bonchev–Trinajstić information content (AvgIpc) is 3.06. The zero-order chi connectivity index (χ0) is 14.8. The predicted molar refractivity (Wildman–Crippen MR) is 85.6 cm³/mol. The summed E-state index contributed by atoms with van der Waals surface area (Å²) in [6.07, 6.45) is 0. The third-order valence-corrected chi connectivity index (χ3v) is 5.10. The summed E-state index contributed by atoms with van der Waals surface area (Å²) in [5, 5.41) is 10.1. The number of benzene rings is 1. The Labute approximate surface area is 131 Å². The molecule has 108 valence electrons. The van der Waals surface area contributed by atoms with Gasteiger partial charge in [0.2, 0.25) is 0 Å². The van der Waals surface area contributed by atoms with E-state index in [0.29, 0.717) is 11.1 Å². The first kappa shape index (κ1) is 14.3. The second-order valence-corrected chi connectivity index (χ2v) is 7.19. The van der Waals surface area contributed by atoms with Gasteiger partial charge in [-0.05, 0) is 26.3 Å². The Hall–Kier alpha value is -1.66. The van der Waals surface area contributed by atoms with Crippen LogP contribution in [0.4, 0.5) is 0 Å². The average molecular weight is 317 g/mol. The van der Waals surface area contributed by atoms with E-state index in [9.17, 15) is 0 Å². The number of thioether (sulfide) groups is 1. The lowest BCUT2D eigenvalue weighted by Crippen LogP contribution is -1.87. The van der Waals surface area contributed by atoms with Gasteiger partial charge in [-0.15, -0.1) is 21.5 Å². The smallest absolute Gasteiger partial charge is 0.277 e. The van der Waals surface area contributed by atoms with Crippen LogP contribution in [0.5, 0.6) is 0 Å². The first-order chi connectivity index (χ1) is 10.1. The lowest BCUT2D eigenvalue weighted by molar-refractivity contribution is 0.465. The first-order valence-electron chi connectivity index (χ1n) is 6.63. The number of hydrogen-bond donors (Lipinski definition) is 0.